The lowest BCUT2D eigenvalue weighted by molar-refractivity contribution is -0.127. The van der Waals surface area contributed by atoms with E-state index in [2.05, 4.69) is 4.98 Å². The highest BCUT2D eigenvalue weighted by atomic mass is 16.3. The largest absolute Gasteiger partial charge is 0.506 e. The molecule has 5 heteroatoms. The third-order valence-corrected chi connectivity index (χ3v) is 4.50. The zero-order valence-corrected chi connectivity index (χ0v) is 14.0. The molecule has 3 rings (SSSR count). The van der Waals surface area contributed by atoms with E-state index in [0.29, 0.717) is 18.5 Å². The van der Waals surface area contributed by atoms with E-state index in [0.717, 1.165) is 18.4 Å². The van der Waals surface area contributed by atoms with Gasteiger partial charge in [0, 0.05) is 24.9 Å². The van der Waals surface area contributed by atoms with Gasteiger partial charge in [0.25, 0.3) is 0 Å². The van der Waals surface area contributed by atoms with Gasteiger partial charge in [0.15, 0.2) is 0 Å². The molecule has 1 aromatic carbocycles. The van der Waals surface area contributed by atoms with Crippen LogP contribution in [0.5, 0.6) is 5.75 Å². The van der Waals surface area contributed by atoms with Crippen LogP contribution in [0.25, 0.3) is 6.08 Å². The minimum absolute atomic E-state index is 0.0367. The molecule has 2 unspecified atom stereocenters. The van der Waals surface area contributed by atoms with E-state index in [4.69, 9.17) is 0 Å². The molecular formula is C20H22N2O3. The molecule has 1 aromatic heterocycles. The van der Waals surface area contributed by atoms with Gasteiger partial charge in [-0.3, -0.25) is 9.78 Å². The average Bonchev–Trinajstić information content (AvgIpc) is 3.08. The number of benzene rings is 1. The van der Waals surface area contributed by atoms with Gasteiger partial charge in [-0.1, -0.05) is 30.3 Å². The minimum Gasteiger partial charge on any atom is -0.506 e. The molecule has 0 radical (unpaired) electrons. The van der Waals surface area contributed by atoms with Crippen LogP contribution in [0.4, 0.5) is 0 Å². The number of aromatic nitrogens is 1. The van der Waals surface area contributed by atoms with E-state index in [1.807, 2.05) is 35.2 Å². The van der Waals surface area contributed by atoms with E-state index in [-0.39, 0.29) is 17.7 Å². The molecule has 1 saturated heterocycles. The maximum Gasteiger partial charge on any atom is 0.246 e. The van der Waals surface area contributed by atoms with Crippen molar-refractivity contribution < 1.29 is 15.0 Å². The van der Waals surface area contributed by atoms with Gasteiger partial charge in [0.1, 0.15) is 5.75 Å². The van der Waals surface area contributed by atoms with Crippen LogP contribution in [0, 0.1) is 0 Å². The fourth-order valence-electron chi connectivity index (χ4n) is 3.24. The second-order valence-corrected chi connectivity index (χ2v) is 6.30. The maximum atomic E-state index is 12.5. The topological polar surface area (TPSA) is 73.7 Å². The van der Waals surface area contributed by atoms with Crippen molar-refractivity contribution in [1.82, 2.24) is 9.88 Å². The summed E-state index contributed by atoms with van der Waals surface area (Å²) in [7, 11) is 0. The summed E-state index contributed by atoms with van der Waals surface area (Å²) < 4.78 is 0. The quantitative estimate of drug-likeness (QED) is 0.822. The number of aromatic hydroxyl groups is 1. The van der Waals surface area contributed by atoms with E-state index < -0.39 is 6.10 Å². The Hall–Kier alpha value is -2.66. The second-order valence-electron chi connectivity index (χ2n) is 6.30. The Morgan fingerprint density at radius 2 is 2.12 bits per heavy atom. The Bertz CT molecular complexity index is 746. The Labute approximate surface area is 147 Å². The van der Waals surface area contributed by atoms with Crippen LogP contribution in [0.2, 0.25) is 0 Å². The summed E-state index contributed by atoms with van der Waals surface area (Å²) in [5.41, 5.74) is 1.55. The Kier molecular flexibility index (Phi) is 5.46. The Balaban J connectivity index is 1.63. The van der Waals surface area contributed by atoms with Gasteiger partial charge in [-0.25, -0.2) is 0 Å². The minimum atomic E-state index is -0.571. The van der Waals surface area contributed by atoms with Gasteiger partial charge in [0.2, 0.25) is 5.91 Å². The predicted octanol–water partition coefficient (Wildman–Crippen LogP) is 2.92. The number of aliphatic hydroxyl groups excluding tert-OH is 1. The van der Waals surface area contributed by atoms with Crippen LogP contribution < -0.4 is 0 Å². The first kappa shape index (κ1) is 17.2. The summed E-state index contributed by atoms with van der Waals surface area (Å²) in [6, 6.07) is 11.1. The van der Waals surface area contributed by atoms with Crippen LogP contribution in [0.3, 0.4) is 0 Å². The first-order valence-electron chi connectivity index (χ1n) is 8.49. The van der Waals surface area contributed by atoms with Gasteiger partial charge in [-0.15, -0.1) is 0 Å². The van der Waals surface area contributed by atoms with Crippen molar-refractivity contribution in [3.05, 3.63) is 66.0 Å². The summed E-state index contributed by atoms with van der Waals surface area (Å²) in [5.74, 6) is -0.00858. The summed E-state index contributed by atoms with van der Waals surface area (Å²) in [5, 5.41) is 19.8. The van der Waals surface area contributed by atoms with Crippen LogP contribution in [-0.4, -0.2) is 38.6 Å². The van der Waals surface area contributed by atoms with Crippen molar-refractivity contribution in [3.8, 4) is 5.75 Å². The fraction of sp³-hybridized carbons (Fsp3) is 0.300. The van der Waals surface area contributed by atoms with E-state index >= 15 is 0 Å². The molecule has 130 valence electrons. The highest BCUT2D eigenvalue weighted by molar-refractivity contribution is 5.92. The second kappa shape index (κ2) is 7.94. The number of nitrogens with zero attached hydrogens (tertiary/aromatic N) is 2. The molecule has 25 heavy (non-hydrogen) atoms. The van der Waals surface area contributed by atoms with Gasteiger partial charge >= 0.3 is 0 Å². The lowest BCUT2D eigenvalue weighted by atomic mass is 10.0. The van der Waals surface area contributed by atoms with Gasteiger partial charge in [0.05, 0.1) is 12.3 Å². The third kappa shape index (κ3) is 4.45. The van der Waals surface area contributed by atoms with Crippen molar-refractivity contribution in [2.45, 2.75) is 31.4 Å². The van der Waals surface area contributed by atoms with Crippen molar-refractivity contribution in [2.24, 2.45) is 0 Å². The Morgan fingerprint density at radius 1 is 1.32 bits per heavy atom. The van der Waals surface area contributed by atoms with Crippen LogP contribution in [0.1, 0.15) is 36.5 Å². The van der Waals surface area contributed by atoms with Crippen LogP contribution in [-0.2, 0) is 4.79 Å². The van der Waals surface area contributed by atoms with E-state index in [1.165, 1.54) is 12.3 Å². The number of hydrogen-bond donors (Lipinski definition) is 2. The number of hydrogen-bond acceptors (Lipinski definition) is 4. The lowest BCUT2D eigenvalue weighted by Crippen LogP contribution is -2.35. The molecule has 1 amide bonds. The van der Waals surface area contributed by atoms with Gasteiger partial charge in [-0.2, -0.15) is 0 Å². The normalized spacial score (nSPS) is 18.6. The van der Waals surface area contributed by atoms with Crippen molar-refractivity contribution in [2.75, 3.05) is 6.54 Å². The third-order valence-electron chi connectivity index (χ3n) is 4.50. The molecule has 1 fully saturated rings. The molecule has 0 bridgehead atoms. The van der Waals surface area contributed by atoms with Gasteiger partial charge in [-0.05, 0) is 42.5 Å². The molecule has 5 nitrogen and oxygen atoms in total. The molecular weight excluding hydrogens is 316 g/mol. The smallest absolute Gasteiger partial charge is 0.246 e. The number of aliphatic hydroxyl groups is 1. The molecule has 1 aliphatic rings. The average molecular weight is 338 g/mol. The number of pyridine rings is 1. The van der Waals surface area contributed by atoms with Crippen molar-refractivity contribution in [1.29, 1.82) is 0 Å². The zero-order valence-electron chi connectivity index (χ0n) is 14.0. The summed E-state index contributed by atoms with van der Waals surface area (Å²) in [4.78, 5) is 18.2. The number of carbonyl (C=O) groups excluding carboxylic acids is 1. The molecule has 0 aliphatic carbocycles. The Morgan fingerprint density at radius 3 is 2.88 bits per heavy atom. The number of carbonyl (C=O) groups is 1. The first-order valence-corrected chi connectivity index (χ1v) is 8.49. The SMILES string of the molecule is O=C(/C=C/c1cncc(O)c1)N1CCCC1CC(O)c1ccccc1. The molecule has 1 aliphatic heterocycles. The zero-order chi connectivity index (χ0) is 17.6. The molecule has 2 N–H and O–H groups in total. The van der Waals surface area contributed by atoms with Gasteiger partial charge < -0.3 is 15.1 Å². The number of likely N-dealkylation sites (tertiary alicyclic amines) is 1. The van der Waals surface area contributed by atoms with Crippen molar-refractivity contribution in [3.63, 3.8) is 0 Å². The maximum absolute atomic E-state index is 12.5. The lowest BCUT2D eigenvalue weighted by Gasteiger charge is -2.25. The highest BCUT2D eigenvalue weighted by Gasteiger charge is 2.29. The fourth-order valence-corrected chi connectivity index (χ4v) is 3.24. The summed E-state index contributed by atoms with van der Waals surface area (Å²) in [6.07, 6.45) is 7.90. The molecule has 2 heterocycles. The van der Waals surface area contributed by atoms with E-state index in [9.17, 15) is 15.0 Å². The molecule has 0 saturated carbocycles. The molecule has 2 atom stereocenters. The summed E-state index contributed by atoms with van der Waals surface area (Å²) >= 11 is 0. The monoisotopic (exact) mass is 338 g/mol. The van der Waals surface area contributed by atoms with Crippen LogP contribution in [0.15, 0.2) is 54.9 Å². The van der Waals surface area contributed by atoms with Crippen molar-refractivity contribution >= 4 is 12.0 Å². The standard InChI is InChI=1S/C20H22N2O3/c23-18-11-15(13-21-14-18)8-9-20(25)22-10-4-7-17(22)12-19(24)16-5-2-1-3-6-16/h1-3,5-6,8-9,11,13-14,17,19,23-24H,4,7,10,12H2/b9-8+. The highest BCUT2D eigenvalue weighted by Crippen LogP contribution is 2.27. The molecule has 0 spiro atoms. The number of rotatable bonds is 5. The first-order chi connectivity index (χ1) is 12.1. The summed E-state index contributed by atoms with van der Waals surface area (Å²) in [6.45, 7) is 0.702. The predicted molar refractivity (Wildman–Crippen MR) is 95.7 cm³/mol. The van der Waals surface area contributed by atoms with Crippen LogP contribution >= 0.6 is 0 Å². The van der Waals surface area contributed by atoms with E-state index in [1.54, 1.807) is 18.3 Å². The number of amides is 1. The molecule has 2 aromatic rings.